The van der Waals surface area contributed by atoms with Gasteiger partial charge in [-0.3, -0.25) is 9.80 Å². The Labute approximate surface area is 141 Å². The summed E-state index contributed by atoms with van der Waals surface area (Å²) in [6.07, 6.45) is 4.30. The van der Waals surface area contributed by atoms with Crippen molar-refractivity contribution in [3.05, 3.63) is 23.4 Å². The molecule has 1 aliphatic heterocycles. The van der Waals surface area contributed by atoms with Crippen LogP contribution in [0.25, 0.3) is 0 Å². The van der Waals surface area contributed by atoms with Crippen LogP contribution in [0.2, 0.25) is 0 Å². The molecule has 4 rings (SSSR count). The summed E-state index contributed by atoms with van der Waals surface area (Å²) in [5.41, 5.74) is 0. The van der Waals surface area contributed by atoms with Gasteiger partial charge < -0.3 is 9.05 Å². The first kappa shape index (κ1) is 15.7. The molecule has 2 aromatic rings. The molecule has 1 saturated carbocycles. The highest BCUT2D eigenvalue weighted by Gasteiger charge is 2.30. The van der Waals surface area contributed by atoms with E-state index in [0.717, 1.165) is 69.6 Å². The largest absolute Gasteiger partial charge is 0.339 e. The molecule has 2 aromatic heterocycles. The van der Waals surface area contributed by atoms with Gasteiger partial charge >= 0.3 is 0 Å². The summed E-state index contributed by atoms with van der Waals surface area (Å²) in [5.74, 6) is 3.66. The Morgan fingerprint density at radius 2 is 1.67 bits per heavy atom. The first-order valence-electron chi connectivity index (χ1n) is 8.89. The molecule has 0 N–H and O–H groups in total. The lowest BCUT2D eigenvalue weighted by atomic mass is 10.3. The molecule has 130 valence electrons. The van der Waals surface area contributed by atoms with Gasteiger partial charge in [0.25, 0.3) is 0 Å². The van der Waals surface area contributed by atoms with Crippen LogP contribution in [0.3, 0.4) is 0 Å². The topological polar surface area (TPSA) is 84.3 Å². The summed E-state index contributed by atoms with van der Waals surface area (Å²) in [5, 5.41) is 8.09. The first-order chi connectivity index (χ1) is 11.8. The van der Waals surface area contributed by atoms with E-state index < -0.39 is 0 Å². The molecular formula is C16H24N6O2. The molecule has 1 saturated heterocycles. The average Bonchev–Trinajstić information content (AvgIpc) is 3.23. The van der Waals surface area contributed by atoms with Crippen LogP contribution in [0.15, 0.2) is 9.05 Å². The molecular weight excluding hydrogens is 308 g/mol. The zero-order valence-corrected chi connectivity index (χ0v) is 14.1. The van der Waals surface area contributed by atoms with Crippen LogP contribution >= 0.6 is 0 Å². The third-order valence-electron chi connectivity index (χ3n) is 4.64. The zero-order chi connectivity index (χ0) is 16.4. The molecule has 0 unspecified atom stereocenters. The zero-order valence-electron chi connectivity index (χ0n) is 14.1. The highest BCUT2D eigenvalue weighted by atomic mass is 16.5. The average molecular weight is 332 g/mol. The van der Waals surface area contributed by atoms with Gasteiger partial charge in [-0.25, -0.2) is 0 Å². The van der Waals surface area contributed by atoms with Crippen molar-refractivity contribution in [2.45, 2.75) is 51.6 Å². The molecule has 0 aromatic carbocycles. The first-order valence-corrected chi connectivity index (χ1v) is 8.89. The molecule has 0 atom stereocenters. The lowest BCUT2D eigenvalue weighted by molar-refractivity contribution is 0.219. The fourth-order valence-electron chi connectivity index (χ4n) is 3.06. The third kappa shape index (κ3) is 3.81. The van der Waals surface area contributed by atoms with Crippen molar-refractivity contribution in [3.63, 3.8) is 0 Å². The third-order valence-corrected chi connectivity index (χ3v) is 4.64. The van der Waals surface area contributed by atoms with Crippen molar-refractivity contribution in [1.29, 1.82) is 0 Å². The van der Waals surface area contributed by atoms with Gasteiger partial charge in [-0.1, -0.05) is 17.2 Å². The lowest BCUT2D eigenvalue weighted by Crippen LogP contribution is -2.30. The Hall–Kier alpha value is -1.80. The van der Waals surface area contributed by atoms with Crippen LogP contribution in [0, 0.1) is 0 Å². The van der Waals surface area contributed by atoms with E-state index in [1.165, 1.54) is 12.8 Å². The Morgan fingerprint density at radius 1 is 0.917 bits per heavy atom. The standard InChI is InChI=1S/C16H24N6O2/c1-2-13-17-15(23-19-13)11-22-7-3-6-21(8-9-22)10-14-18-16(24-20-14)12-4-5-12/h12H,2-11H2,1H3. The number of aryl methyl sites for hydroxylation is 1. The van der Waals surface area contributed by atoms with Crippen LogP contribution in [0.5, 0.6) is 0 Å². The van der Waals surface area contributed by atoms with Gasteiger partial charge in [0.15, 0.2) is 11.6 Å². The van der Waals surface area contributed by atoms with Gasteiger partial charge in [-0.15, -0.1) is 0 Å². The van der Waals surface area contributed by atoms with Crippen LogP contribution in [0.1, 0.15) is 55.5 Å². The summed E-state index contributed by atoms with van der Waals surface area (Å²) in [7, 11) is 0. The van der Waals surface area contributed by atoms with Gasteiger partial charge in [0.1, 0.15) is 0 Å². The van der Waals surface area contributed by atoms with Gasteiger partial charge in [-0.05, 0) is 32.4 Å². The maximum atomic E-state index is 5.35. The van der Waals surface area contributed by atoms with Crippen molar-refractivity contribution in [2.24, 2.45) is 0 Å². The van der Waals surface area contributed by atoms with E-state index in [1.807, 2.05) is 6.92 Å². The fraction of sp³-hybridized carbons (Fsp3) is 0.750. The van der Waals surface area contributed by atoms with Crippen molar-refractivity contribution in [1.82, 2.24) is 30.1 Å². The van der Waals surface area contributed by atoms with E-state index in [2.05, 4.69) is 30.1 Å². The summed E-state index contributed by atoms with van der Waals surface area (Å²) in [6, 6.07) is 0. The summed E-state index contributed by atoms with van der Waals surface area (Å²) in [6.45, 7) is 7.59. The second-order valence-electron chi connectivity index (χ2n) is 6.69. The molecule has 1 aliphatic carbocycles. The highest BCUT2D eigenvalue weighted by Crippen LogP contribution is 2.38. The highest BCUT2D eigenvalue weighted by molar-refractivity contribution is 5.01. The molecule has 2 fully saturated rings. The quantitative estimate of drug-likeness (QED) is 0.788. The van der Waals surface area contributed by atoms with Gasteiger partial charge in [-0.2, -0.15) is 9.97 Å². The predicted octanol–water partition coefficient (Wildman–Crippen LogP) is 1.60. The SMILES string of the molecule is CCc1noc(CN2CCCN(Cc3noc(C4CC4)n3)CC2)n1. The van der Waals surface area contributed by atoms with Crippen molar-refractivity contribution in [3.8, 4) is 0 Å². The second kappa shape index (κ2) is 6.98. The molecule has 24 heavy (non-hydrogen) atoms. The van der Waals surface area contributed by atoms with E-state index in [-0.39, 0.29) is 0 Å². The number of hydrogen-bond acceptors (Lipinski definition) is 8. The van der Waals surface area contributed by atoms with E-state index in [0.29, 0.717) is 11.8 Å². The second-order valence-corrected chi connectivity index (χ2v) is 6.69. The van der Waals surface area contributed by atoms with Crippen LogP contribution in [0.4, 0.5) is 0 Å². The fourth-order valence-corrected chi connectivity index (χ4v) is 3.06. The summed E-state index contributed by atoms with van der Waals surface area (Å²) < 4.78 is 10.7. The Morgan fingerprint density at radius 3 is 2.38 bits per heavy atom. The molecule has 0 spiro atoms. The molecule has 3 heterocycles. The Bertz CT molecular complexity index is 665. The van der Waals surface area contributed by atoms with E-state index in [1.54, 1.807) is 0 Å². The summed E-state index contributed by atoms with van der Waals surface area (Å²) in [4.78, 5) is 13.7. The number of hydrogen-bond donors (Lipinski definition) is 0. The molecule has 2 aliphatic rings. The van der Waals surface area contributed by atoms with Crippen molar-refractivity contribution in [2.75, 3.05) is 26.2 Å². The smallest absolute Gasteiger partial charge is 0.240 e. The van der Waals surface area contributed by atoms with Crippen LogP contribution in [-0.4, -0.2) is 56.3 Å². The Kier molecular flexibility index (Phi) is 4.57. The predicted molar refractivity (Wildman–Crippen MR) is 85.1 cm³/mol. The van der Waals surface area contributed by atoms with Crippen LogP contribution in [-0.2, 0) is 19.5 Å². The molecule has 8 heteroatoms. The molecule has 0 amide bonds. The maximum absolute atomic E-state index is 5.35. The summed E-state index contributed by atoms with van der Waals surface area (Å²) >= 11 is 0. The number of rotatable bonds is 6. The Balaban J connectivity index is 1.28. The maximum Gasteiger partial charge on any atom is 0.240 e. The molecule has 8 nitrogen and oxygen atoms in total. The van der Waals surface area contributed by atoms with Gasteiger partial charge in [0.05, 0.1) is 13.1 Å². The van der Waals surface area contributed by atoms with Crippen molar-refractivity contribution >= 4 is 0 Å². The van der Waals surface area contributed by atoms with Crippen molar-refractivity contribution < 1.29 is 9.05 Å². The molecule has 0 bridgehead atoms. The van der Waals surface area contributed by atoms with Crippen LogP contribution < -0.4 is 0 Å². The number of aromatic nitrogens is 4. The minimum absolute atomic E-state index is 0.522. The van der Waals surface area contributed by atoms with E-state index >= 15 is 0 Å². The normalized spacial score (nSPS) is 20.4. The minimum atomic E-state index is 0.522. The minimum Gasteiger partial charge on any atom is -0.339 e. The lowest BCUT2D eigenvalue weighted by Gasteiger charge is -2.19. The number of nitrogens with zero attached hydrogens (tertiary/aromatic N) is 6. The van der Waals surface area contributed by atoms with Gasteiger partial charge in [0, 0.05) is 25.4 Å². The van der Waals surface area contributed by atoms with Gasteiger partial charge in [0.2, 0.25) is 11.8 Å². The van der Waals surface area contributed by atoms with E-state index in [4.69, 9.17) is 9.05 Å². The van der Waals surface area contributed by atoms with E-state index in [9.17, 15) is 0 Å². The molecule has 0 radical (unpaired) electrons. The monoisotopic (exact) mass is 332 g/mol.